The first kappa shape index (κ1) is 15.2. The fourth-order valence-electron chi connectivity index (χ4n) is 2.38. The Morgan fingerprint density at radius 3 is 2.35 bits per heavy atom. The summed E-state index contributed by atoms with van der Waals surface area (Å²) >= 11 is 0. The van der Waals surface area contributed by atoms with E-state index in [4.69, 9.17) is 5.73 Å². The predicted octanol–water partition coefficient (Wildman–Crippen LogP) is 1.05. The van der Waals surface area contributed by atoms with Crippen LogP contribution >= 0.6 is 0 Å². The first-order valence-electron chi connectivity index (χ1n) is 7.15. The SMILES string of the molecule is CC(O)(CN)CCN1CCN(c2ccc(F)cc2)CC1. The number of piperazine rings is 1. The highest BCUT2D eigenvalue weighted by Crippen LogP contribution is 2.17. The van der Waals surface area contributed by atoms with Gasteiger partial charge in [-0.15, -0.1) is 0 Å². The van der Waals surface area contributed by atoms with Crippen LogP contribution in [0.4, 0.5) is 10.1 Å². The second-order valence-electron chi connectivity index (χ2n) is 5.76. The van der Waals surface area contributed by atoms with Gasteiger partial charge in [0.25, 0.3) is 0 Å². The van der Waals surface area contributed by atoms with Crippen LogP contribution in [0.15, 0.2) is 24.3 Å². The van der Waals surface area contributed by atoms with E-state index in [0.717, 1.165) is 38.4 Å². The summed E-state index contributed by atoms with van der Waals surface area (Å²) in [4.78, 5) is 4.60. The van der Waals surface area contributed by atoms with Crippen molar-refractivity contribution >= 4 is 5.69 Å². The first-order chi connectivity index (χ1) is 9.50. The maximum absolute atomic E-state index is 12.9. The molecule has 1 fully saturated rings. The average molecular weight is 281 g/mol. The number of hydrogen-bond acceptors (Lipinski definition) is 4. The Balaban J connectivity index is 1.79. The summed E-state index contributed by atoms with van der Waals surface area (Å²) in [5.41, 5.74) is 5.82. The van der Waals surface area contributed by atoms with Crippen molar-refractivity contribution in [1.29, 1.82) is 0 Å². The van der Waals surface area contributed by atoms with E-state index >= 15 is 0 Å². The Bertz CT molecular complexity index is 414. The minimum atomic E-state index is -0.770. The van der Waals surface area contributed by atoms with Crippen LogP contribution in [0.1, 0.15) is 13.3 Å². The Labute approximate surface area is 120 Å². The number of hydrogen-bond donors (Lipinski definition) is 2. The molecule has 0 saturated carbocycles. The highest BCUT2D eigenvalue weighted by Gasteiger charge is 2.22. The van der Waals surface area contributed by atoms with Crippen LogP contribution in [0.3, 0.4) is 0 Å². The summed E-state index contributed by atoms with van der Waals surface area (Å²) in [5, 5.41) is 9.91. The van der Waals surface area contributed by atoms with Crippen LogP contribution in [0.25, 0.3) is 0 Å². The van der Waals surface area contributed by atoms with Crippen molar-refractivity contribution in [1.82, 2.24) is 4.90 Å². The van der Waals surface area contributed by atoms with Crippen LogP contribution in [0.2, 0.25) is 0 Å². The van der Waals surface area contributed by atoms with Crippen molar-refractivity contribution < 1.29 is 9.50 Å². The minimum absolute atomic E-state index is 0.198. The van der Waals surface area contributed by atoms with E-state index in [2.05, 4.69) is 9.80 Å². The van der Waals surface area contributed by atoms with E-state index in [0.29, 0.717) is 13.0 Å². The summed E-state index contributed by atoms with van der Waals surface area (Å²) in [7, 11) is 0. The predicted molar refractivity (Wildman–Crippen MR) is 79.3 cm³/mol. The second-order valence-corrected chi connectivity index (χ2v) is 5.76. The number of halogens is 1. The molecule has 112 valence electrons. The fraction of sp³-hybridized carbons (Fsp3) is 0.600. The molecule has 5 heteroatoms. The van der Waals surface area contributed by atoms with Crippen molar-refractivity contribution in [3.05, 3.63) is 30.1 Å². The van der Waals surface area contributed by atoms with Gasteiger partial charge in [-0.2, -0.15) is 0 Å². The molecule has 1 unspecified atom stereocenters. The van der Waals surface area contributed by atoms with Gasteiger partial charge < -0.3 is 15.7 Å². The first-order valence-corrected chi connectivity index (χ1v) is 7.15. The molecule has 0 radical (unpaired) electrons. The Morgan fingerprint density at radius 1 is 1.20 bits per heavy atom. The second kappa shape index (κ2) is 6.52. The molecule has 1 aliphatic heterocycles. The number of nitrogens with zero attached hydrogens (tertiary/aromatic N) is 2. The summed E-state index contributed by atoms with van der Waals surface area (Å²) < 4.78 is 12.9. The van der Waals surface area contributed by atoms with E-state index in [1.165, 1.54) is 12.1 Å². The third-order valence-electron chi connectivity index (χ3n) is 3.97. The largest absolute Gasteiger partial charge is 0.389 e. The molecule has 4 nitrogen and oxygen atoms in total. The van der Waals surface area contributed by atoms with Gasteiger partial charge in [0.15, 0.2) is 0 Å². The molecule has 0 spiro atoms. The molecule has 0 amide bonds. The number of benzene rings is 1. The number of aliphatic hydroxyl groups is 1. The van der Waals surface area contributed by atoms with Crippen LogP contribution in [0.5, 0.6) is 0 Å². The standard InChI is InChI=1S/C15H24FN3O/c1-15(20,12-17)6-7-18-8-10-19(11-9-18)14-4-2-13(16)3-5-14/h2-5,20H,6-12,17H2,1H3. The average Bonchev–Trinajstić information content (AvgIpc) is 2.47. The summed E-state index contributed by atoms with van der Waals surface area (Å²) in [6.45, 7) is 6.70. The zero-order chi connectivity index (χ0) is 14.6. The molecule has 20 heavy (non-hydrogen) atoms. The maximum Gasteiger partial charge on any atom is 0.123 e. The van der Waals surface area contributed by atoms with Crippen LogP contribution in [0, 0.1) is 5.82 Å². The topological polar surface area (TPSA) is 52.7 Å². The van der Waals surface area contributed by atoms with E-state index in [1.54, 1.807) is 6.92 Å². The van der Waals surface area contributed by atoms with Gasteiger partial charge in [-0.25, -0.2) is 4.39 Å². The summed E-state index contributed by atoms with van der Waals surface area (Å²) in [6, 6.07) is 6.65. The molecule has 2 rings (SSSR count). The Morgan fingerprint density at radius 2 is 1.80 bits per heavy atom. The third kappa shape index (κ3) is 4.16. The van der Waals surface area contributed by atoms with Crippen LogP contribution < -0.4 is 10.6 Å². The molecular formula is C15H24FN3O. The molecule has 1 saturated heterocycles. The van der Waals surface area contributed by atoms with Crippen molar-refractivity contribution in [3.8, 4) is 0 Å². The van der Waals surface area contributed by atoms with Gasteiger partial charge in [-0.05, 0) is 37.6 Å². The van der Waals surface area contributed by atoms with Gasteiger partial charge in [-0.1, -0.05) is 0 Å². The molecular weight excluding hydrogens is 257 g/mol. The quantitative estimate of drug-likeness (QED) is 0.847. The lowest BCUT2D eigenvalue weighted by molar-refractivity contribution is 0.0470. The highest BCUT2D eigenvalue weighted by atomic mass is 19.1. The number of nitrogens with two attached hydrogens (primary N) is 1. The number of rotatable bonds is 5. The smallest absolute Gasteiger partial charge is 0.123 e. The summed E-state index contributed by atoms with van der Waals surface area (Å²) in [6.07, 6.45) is 0.694. The van der Waals surface area contributed by atoms with E-state index in [-0.39, 0.29) is 5.82 Å². The molecule has 1 atom stereocenters. The van der Waals surface area contributed by atoms with Crippen molar-refractivity contribution in [2.75, 3.05) is 44.2 Å². The van der Waals surface area contributed by atoms with Gasteiger partial charge in [0.2, 0.25) is 0 Å². The van der Waals surface area contributed by atoms with Gasteiger partial charge in [0.1, 0.15) is 5.82 Å². The molecule has 0 bridgehead atoms. The molecule has 3 N–H and O–H groups in total. The third-order valence-corrected chi connectivity index (χ3v) is 3.97. The number of anilines is 1. The molecule has 0 aliphatic carbocycles. The van der Waals surface area contributed by atoms with Gasteiger partial charge in [0.05, 0.1) is 5.60 Å². The molecule has 0 aromatic heterocycles. The Hall–Kier alpha value is -1.17. The van der Waals surface area contributed by atoms with Crippen LogP contribution in [-0.2, 0) is 0 Å². The van der Waals surface area contributed by atoms with Gasteiger partial charge in [-0.3, -0.25) is 4.90 Å². The monoisotopic (exact) mass is 281 g/mol. The summed E-state index contributed by atoms with van der Waals surface area (Å²) in [5.74, 6) is -0.198. The van der Waals surface area contributed by atoms with Crippen LogP contribution in [-0.4, -0.2) is 54.9 Å². The normalized spacial score (nSPS) is 19.9. The molecule has 1 aromatic carbocycles. The lowest BCUT2D eigenvalue weighted by atomic mass is 10.0. The van der Waals surface area contributed by atoms with Gasteiger partial charge in [0, 0.05) is 45.0 Å². The van der Waals surface area contributed by atoms with Crippen molar-refractivity contribution in [3.63, 3.8) is 0 Å². The van der Waals surface area contributed by atoms with E-state index in [1.807, 2.05) is 12.1 Å². The Kier molecular flexibility index (Phi) is 4.96. The molecule has 1 aliphatic rings. The highest BCUT2D eigenvalue weighted by molar-refractivity contribution is 5.46. The molecule has 1 heterocycles. The lowest BCUT2D eigenvalue weighted by Crippen LogP contribution is -2.48. The van der Waals surface area contributed by atoms with Crippen molar-refractivity contribution in [2.24, 2.45) is 5.73 Å². The van der Waals surface area contributed by atoms with Crippen molar-refractivity contribution in [2.45, 2.75) is 18.9 Å². The zero-order valence-electron chi connectivity index (χ0n) is 12.1. The fourth-order valence-corrected chi connectivity index (χ4v) is 2.38. The van der Waals surface area contributed by atoms with E-state index in [9.17, 15) is 9.50 Å². The van der Waals surface area contributed by atoms with E-state index < -0.39 is 5.60 Å². The zero-order valence-corrected chi connectivity index (χ0v) is 12.1. The van der Waals surface area contributed by atoms with Gasteiger partial charge >= 0.3 is 0 Å². The lowest BCUT2D eigenvalue weighted by Gasteiger charge is -2.37. The maximum atomic E-state index is 12.9. The minimum Gasteiger partial charge on any atom is -0.389 e. The molecule has 1 aromatic rings.